The van der Waals surface area contributed by atoms with Crippen LogP contribution < -0.4 is 0 Å². The summed E-state index contributed by atoms with van der Waals surface area (Å²) in [4.78, 5) is 14.3. The third-order valence-corrected chi connectivity index (χ3v) is 2.74. The molecule has 0 fully saturated rings. The minimum Gasteiger partial charge on any atom is -0.358 e. The molecule has 0 aliphatic rings. The number of imidazole rings is 1. The first-order valence-electron chi connectivity index (χ1n) is 5.19. The zero-order valence-corrected chi connectivity index (χ0v) is 9.40. The van der Waals surface area contributed by atoms with Gasteiger partial charge in [-0.1, -0.05) is 17.3 Å². The molecule has 2 heterocycles. The molecule has 0 unspecified atom stereocenters. The average molecular weight is 244 g/mol. The molecule has 0 atom stereocenters. The minimum atomic E-state index is -0.487. The molecule has 0 amide bonds. The fourth-order valence-electron chi connectivity index (χ4n) is 1.84. The number of nitro groups is 1. The Morgan fingerprint density at radius 1 is 1.39 bits per heavy atom. The maximum atomic E-state index is 10.8. The molecule has 0 spiro atoms. The van der Waals surface area contributed by atoms with Gasteiger partial charge >= 0.3 is 5.82 Å². The molecule has 18 heavy (non-hydrogen) atoms. The number of nitrogens with zero attached hydrogens (tertiary/aromatic N) is 4. The summed E-state index contributed by atoms with van der Waals surface area (Å²) in [6.07, 6.45) is 1.21. The molecule has 0 aliphatic carbocycles. The second-order valence-electron chi connectivity index (χ2n) is 3.78. The summed E-state index contributed by atoms with van der Waals surface area (Å²) in [6.45, 7) is 0. The van der Waals surface area contributed by atoms with Crippen LogP contribution in [0.1, 0.15) is 0 Å². The quantitative estimate of drug-likeness (QED) is 0.509. The number of benzene rings is 1. The van der Waals surface area contributed by atoms with Gasteiger partial charge in [-0.05, 0) is 17.1 Å². The van der Waals surface area contributed by atoms with Crippen LogP contribution in [0, 0.1) is 10.1 Å². The highest BCUT2D eigenvalue weighted by Crippen LogP contribution is 2.28. The van der Waals surface area contributed by atoms with E-state index in [0.717, 1.165) is 5.39 Å². The first-order valence-corrected chi connectivity index (χ1v) is 5.19. The van der Waals surface area contributed by atoms with E-state index in [1.165, 1.54) is 10.8 Å². The van der Waals surface area contributed by atoms with Crippen LogP contribution in [0.5, 0.6) is 0 Å². The van der Waals surface area contributed by atoms with Crippen LogP contribution in [0.4, 0.5) is 5.82 Å². The fourth-order valence-corrected chi connectivity index (χ4v) is 1.84. The van der Waals surface area contributed by atoms with Crippen LogP contribution in [0.3, 0.4) is 0 Å². The minimum absolute atomic E-state index is 0.0860. The first kappa shape index (κ1) is 10.5. The molecule has 0 bridgehead atoms. The van der Waals surface area contributed by atoms with Gasteiger partial charge in [-0.15, -0.1) is 0 Å². The second-order valence-corrected chi connectivity index (χ2v) is 3.78. The van der Waals surface area contributed by atoms with Crippen LogP contribution in [-0.2, 0) is 7.05 Å². The van der Waals surface area contributed by atoms with E-state index >= 15 is 0 Å². The number of rotatable bonds is 2. The zero-order chi connectivity index (χ0) is 12.7. The Bertz CT molecular complexity index is 744. The Morgan fingerprint density at radius 2 is 2.17 bits per heavy atom. The van der Waals surface area contributed by atoms with Crippen LogP contribution in [0.15, 0.2) is 35.0 Å². The molecule has 0 aliphatic heterocycles. The van der Waals surface area contributed by atoms with E-state index in [0.29, 0.717) is 17.1 Å². The van der Waals surface area contributed by atoms with Crippen molar-refractivity contribution in [1.82, 2.24) is 14.7 Å². The lowest BCUT2D eigenvalue weighted by atomic mass is 10.2. The third-order valence-electron chi connectivity index (χ3n) is 2.74. The molecule has 3 rings (SSSR count). The average Bonchev–Trinajstić information content (AvgIpc) is 2.92. The van der Waals surface area contributed by atoms with Crippen molar-refractivity contribution in [2.45, 2.75) is 0 Å². The Hall–Kier alpha value is -2.70. The van der Waals surface area contributed by atoms with Gasteiger partial charge in [-0.2, -0.15) is 0 Å². The van der Waals surface area contributed by atoms with E-state index in [1.807, 2.05) is 18.2 Å². The standard InChI is InChI=1S/C11H8N4O3/c1-14-9(15(16)17)6-12-11(14)10-7-4-2-3-5-8(7)18-13-10/h2-6H,1H3. The predicted molar refractivity (Wildman–Crippen MR) is 62.9 cm³/mol. The van der Waals surface area contributed by atoms with Crippen molar-refractivity contribution < 1.29 is 9.45 Å². The highest BCUT2D eigenvalue weighted by atomic mass is 16.6. The Labute approximate surface area is 101 Å². The highest BCUT2D eigenvalue weighted by Gasteiger charge is 2.22. The van der Waals surface area contributed by atoms with Gasteiger partial charge in [0.05, 0.1) is 12.4 Å². The van der Waals surface area contributed by atoms with Gasteiger partial charge in [-0.3, -0.25) is 0 Å². The van der Waals surface area contributed by atoms with Crippen LogP contribution >= 0.6 is 0 Å². The molecule has 0 radical (unpaired) electrons. The summed E-state index contributed by atoms with van der Waals surface area (Å²) in [7, 11) is 1.57. The molecular formula is C11H8N4O3. The lowest BCUT2D eigenvalue weighted by molar-refractivity contribution is -0.391. The third kappa shape index (κ3) is 1.37. The van der Waals surface area contributed by atoms with E-state index in [-0.39, 0.29) is 5.82 Å². The van der Waals surface area contributed by atoms with Crippen LogP contribution in [0.2, 0.25) is 0 Å². The molecule has 2 aromatic heterocycles. The highest BCUT2D eigenvalue weighted by molar-refractivity contribution is 5.89. The fraction of sp³-hybridized carbons (Fsp3) is 0.0909. The summed E-state index contributed by atoms with van der Waals surface area (Å²) in [5.74, 6) is 0.323. The van der Waals surface area contributed by atoms with Crippen molar-refractivity contribution in [2.24, 2.45) is 7.05 Å². The molecule has 90 valence electrons. The number of fused-ring (bicyclic) bond motifs is 1. The van der Waals surface area contributed by atoms with Crippen LogP contribution in [0.25, 0.3) is 22.5 Å². The lowest BCUT2D eigenvalue weighted by Gasteiger charge is -1.95. The number of hydrogen-bond acceptors (Lipinski definition) is 5. The van der Waals surface area contributed by atoms with Crippen molar-refractivity contribution in [3.05, 3.63) is 40.6 Å². The largest absolute Gasteiger partial charge is 0.358 e. The van der Waals surface area contributed by atoms with Crippen molar-refractivity contribution in [3.8, 4) is 11.5 Å². The van der Waals surface area contributed by atoms with Gasteiger partial charge in [0.2, 0.25) is 0 Å². The summed E-state index contributed by atoms with van der Waals surface area (Å²) in [5, 5.41) is 15.5. The van der Waals surface area contributed by atoms with E-state index in [2.05, 4.69) is 10.1 Å². The van der Waals surface area contributed by atoms with Gasteiger partial charge in [0.25, 0.3) is 5.82 Å². The molecule has 3 aromatic rings. The zero-order valence-electron chi connectivity index (χ0n) is 9.40. The smallest absolute Gasteiger partial charge is 0.342 e. The topological polar surface area (TPSA) is 87.0 Å². The van der Waals surface area contributed by atoms with E-state index in [9.17, 15) is 10.1 Å². The van der Waals surface area contributed by atoms with E-state index < -0.39 is 4.92 Å². The summed E-state index contributed by atoms with van der Waals surface area (Å²) < 4.78 is 6.53. The Morgan fingerprint density at radius 3 is 2.89 bits per heavy atom. The normalized spacial score (nSPS) is 10.9. The van der Waals surface area contributed by atoms with Gasteiger partial charge < -0.3 is 14.6 Å². The van der Waals surface area contributed by atoms with Crippen molar-refractivity contribution in [2.75, 3.05) is 0 Å². The molecular weight excluding hydrogens is 236 g/mol. The number of para-hydroxylation sites is 1. The van der Waals surface area contributed by atoms with Gasteiger partial charge in [0.1, 0.15) is 6.20 Å². The monoisotopic (exact) mass is 244 g/mol. The number of hydrogen-bond donors (Lipinski definition) is 0. The van der Waals surface area contributed by atoms with Crippen molar-refractivity contribution >= 4 is 16.8 Å². The maximum Gasteiger partial charge on any atom is 0.342 e. The lowest BCUT2D eigenvalue weighted by Crippen LogP contribution is -1.99. The summed E-state index contributed by atoms with van der Waals surface area (Å²) >= 11 is 0. The van der Waals surface area contributed by atoms with Crippen molar-refractivity contribution in [1.29, 1.82) is 0 Å². The van der Waals surface area contributed by atoms with Gasteiger partial charge in [0, 0.05) is 0 Å². The summed E-state index contributed by atoms with van der Waals surface area (Å²) in [5.41, 5.74) is 1.12. The molecule has 1 aromatic carbocycles. The second kappa shape index (κ2) is 3.66. The molecule has 0 saturated carbocycles. The van der Waals surface area contributed by atoms with E-state index in [4.69, 9.17) is 4.52 Å². The maximum absolute atomic E-state index is 10.8. The van der Waals surface area contributed by atoms with Gasteiger partial charge in [0.15, 0.2) is 11.3 Å². The van der Waals surface area contributed by atoms with E-state index in [1.54, 1.807) is 13.1 Å². The Kier molecular flexibility index (Phi) is 2.12. The number of aromatic nitrogens is 3. The molecule has 0 saturated heterocycles. The molecule has 7 heteroatoms. The van der Waals surface area contributed by atoms with Crippen LogP contribution in [-0.4, -0.2) is 19.6 Å². The SMILES string of the molecule is Cn1c([N+](=O)[O-])cnc1-c1noc2ccccc12. The molecule has 0 N–H and O–H groups in total. The molecule has 7 nitrogen and oxygen atoms in total. The predicted octanol–water partition coefficient (Wildman–Crippen LogP) is 2.14. The van der Waals surface area contributed by atoms with Crippen molar-refractivity contribution in [3.63, 3.8) is 0 Å². The first-order chi connectivity index (χ1) is 8.68. The summed E-state index contributed by atoms with van der Waals surface area (Å²) in [6, 6.07) is 7.30. The van der Waals surface area contributed by atoms with Gasteiger partial charge in [-0.25, -0.2) is 9.55 Å². The Balaban J connectivity index is 2.24.